The second kappa shape index (κ2) is 1.44. The fraction of sp³-hybridized carbons (Fsp3) is 0.429. The van der Waals surface area contributed by atoms with Crippen molar-refractivity contribution in [2.24, 2.45) is 11.5 Å². The lowest BCUT2D eigenvalue weighted by atomic mass is 9.98. The minimum absolute atomic E-state index is 0.382. The number of hydrogen-bond donors (Lipinski definition) is 3. The quantitative estimate of drug-likeness (QED) is 0.411. The van der Waals surface area contributed by atoms with E-state index < -0.39 is 5.60 Å². The smallest absolute Gasteiger partial charge is 0.108 e. The van der Waals surface area contributed by atoms with Gasteiger partial charge in [-0.1, -0.05) is 12.2 Å². The van der Waals surface area contributed by atoms with Crippen molar-refractivity contribution >= 4 is 0 Å². The van der Waals surface area contributed by atoms with E-state index in [0.29, 0.717) is 12.1 Å². The van der Waals surface area contributed by atoms with Crippen LogP contribution in [0.2, 0.25) is 0 Å². The van der Waals surface area contributed by atoms with Crippen molar-refractivity contribution in [1.29, 1.82) is 0 Å². The molecule has 2 unspecified atom stereocenters. The molecule has 3 heteroatoms. The van der Waals surface area contributed by atoms with Gasteiger partial charge < -0.3 is 16.6 Å². The summed E-state index contributed by atoms with van der Waals surface area (Å²) in [4.78, 5) is 0. The topological polar surface area (TPSA) is 72.3 Å². The maximum absolute atomic E-state index is 9.65. The van der Waals surface area contributed by atoms with Gasteiger partial charge in [-0.05, 0) is 5.57 Å². The lowest BCUT2D eigenvalue weighted by Crippen LogP contribution is -2.45. The van der Waals surface area contributed by atoms with E-state index in [4.69, 9.17) is 11.5 Å². The lowest BCUT2D eigenvalue weighted by molar-refractivity contribution is 0.0900. The predicted octanol–water partition coefficient (Wildman–Crippen LogP) is -0.769. The molecule has 2 rings (SSSR count). The van der Waals surface area contributed by atoms with Crippen LogP contribution in [-0.2, 0) is 0 Å². The maximum atomic E-state index is 9.65. The molecule has 0 spiro atoms. The van der Waals surface area contributed by atoms with E-state index in [-0.39, 0.29) is 6.04 Å². The summed E-state index contributed by atoms with van der Waals surface area (Å²) in [5, 5.41) is 9.65. The van der Waals surface area contributed by atoms with Gasteiger partial charge in [0.25, 0.3) is 0 Å². The van der Waals surface area contributed by atoms with Crippen molar-refractivity contribution < 1.29 is 5.11 Å². The van der Waals surface area contributed by atoms with E-state index in [2.05, 4.69) is 0 Å². The monoisotopic (exact) mass is 138 g/mol. The van der Waals surface area contributed by atoms with Gasteiger partial charge in [0, 0.05) is 12.1 Å². The molecule has 10 heavy (non-hydrogen) atoms. The molecule has 2 atom stereocenters. The average molecular weight is 138 g/mol. The highest BCUT2D eigenvalue weighted by molar-refractivity contribution is 5.47. The molecule has 2 aliphatic carbocycles. The molecule has 0 aromatic rings. The molecular formula is C7H10N2O. The van der Waals surface area contributed by atoms with Gasteiger partial charge in [0.05, 0.1) is 6.04 Å². The molecule has 0 aliphatic heterocycles. The van der Waals surface area contributed by atoms with Gasteiger partial charge in [-0.2, -0.15) is 0 Å². The Morgan fingerprint density at radius 1 is 1.70 bits per heavy atom. The molecule has 0 fully saturated rings. The third kappa shape index (κ3) is 0.473. The highest BCUT2D eigenvalue weighted by atomic mass is 16.3. The Balaban J connectivity index is 2.50. The van der Waals surface area contributed by atoms with Gasteiger partial charge in [-0.25, -0.2) is 0 Å². The number of hydrogen-bond acceptors (Lipinski definition) is 3. The highest BCUT2D eigenvalue weighted by Crippen LogP contribution is 2.39. The van der Waals surface area contributed by atoms with Crippen molar-refractivity contribution in [3.8, 4) is 0 Å². The molecule has 0 saturated heterocycles. The number of rotatable bonds is 0. The van der Waals surface area contributed by atoms with Gasteiger partial charge in [-0.15, -0.1) is 0 Å². The maximum Gasteiger partial charge on any atom is 0.108 e. The third-order valence-corrected chi connectivity index (χ3v) is 2.29. The molecule has 0 saturated carbocycles. The third-order valence-electron chi connectivity index (χ3n) is 2.29. The zero-order valence-electron chi connectivity index (χ0n) is 5.54. The Morgan fingerprint density at radius 2 is 2.40 bits per heavy atom. The summed E-state index contributed by atoms with van der Waals surface area (Å²) in [6.45, 7) is 0. The first-order chi connectivity index (χ1) is 4.63. The summed E-state index contributed by atoms with van der Waals surface area (Å²) in [5.74, 6) is 0. The van der Waals surface area contributed by atoms with Crippen LogP contribution in [0.3, 0.4) is 0 Å². The minimum Gasteiger partial charge on any atom is -0.400 e. The van der Waals surface area contributed by atoms with Crippen LogP contribution in [0.25, 0.3) is 0 Å². The SMILES string of the molecule is NC1=C2C=CC(O)(C2)C1N. The Morgan fingerprint density at radius 3 is 2.70 bits per heavy atom. The summed E-state index contributed by atoms with van der Waals surface area (Å²) in [6.07, 6.45) is 4.17. The van der Waals surface area contributed by atoms with Crippen LogP contribution in [0, 0.1) is 0 Å². The summed E-state index contributed by atoms with van der Waals surface area (Å²) >= 11 is 0. The van der Waals surface area contributed by atoms with Crippen LogP contribution in [0.15, 0.2) is 23.4 Å². The Bertz CT molecular complexity index is 244. The van der Waals surface area contributed by atoms with Crippen LogP contribution < -0.4 is 11.5 Å². The van der Waals surface area contributed by atoms with Gasteiger partial charge >= 0.3 is 0 Å². The molecular weight excluding hydrogens is 128 g/mol. The predicted molar refractivity (Wildman–Crippen MR) is 37.9 cm³/mol. The molecule has 2 bridgehead atoms. The zero-order valence-corrected chi connectivity index (χ0v) is 5.54. The van der Waals surface area contributed by atoms with Gasteiger partial charge in [0.1, 0.15) is 5.60 Å². The number of aliphatic hydroxyl groups is 1. The minimum atomic E-state index is -0.862. The molecule has 0 heterocycles. The van der Waals surface area contributed by atoms with Crippen LogP contribution >= 0.6 is 0 Å². The van der Waals surface area contributed by atoms with Crippen LogP contribution in [0.1, 0.15) is 6.42 Å². The Labute approximate surface area is 59.0 Å². The van der Waals surface area contributed by atoms with Crippen molar-refractivity contribution in [2.75, 3.05) is 0 Å². The van der Waals surface area contributed by atoms with Crippen molar-refractivity contribution in [3.05, 3.63) is 23.4 Å². The normalized spacial score (nSPS) is 43.6. The second-order valence-corrected chi connectivity index (χ2v) is 2.96. The summed E-state index contributed by atoms with van der Waals surface area (Å²) < 4.78 is 0. The first-order valence-electron chi connectivity index (χ1n) is 3.29. The number of allylic oxidation sites excluding steroid dienone is 1. The Kier molecular flexibility index (Phi) is 0.854. The average Bonchev–Trinajstić information content (AvgIpc) is 2.35. The molecule has 5 N–H and O–H groups in total. The van der Waals surface area contributed by atoms with Gasteiger partial charge in [-0.3, -0.25) is 0 Å². The van der Waals surface area contributed by atoms with Crippen LogP contribution in [0.4, 0.5) is 0 Å². The largest absolute Gasteiger partial charge is 0.400 e. The summed E-state index contributed by atoms with van der Waals surface area (Å²) in [7, 11) is 0. The van der Waals surface area contributed by atoms with Crippen LogP contribution in [0.5, 0.6) is 0 Å². The van der Waals surface area contributed by atoms with Gasteiger partial charge in [0.2, 0.25) is 0 Å². The molecule has 54 valence electrons. The van der Waals surface area contributed by atoms with Crippen LogP contribution in [-0.4, -0.2) is 16.7 Å². The molecule has 0 aromatic carbocycles. The summed E-state index contributed by atoms with van der Waals surface area (Å²) in [6, 6.07) is -0.382. The zero-order chi connectivity index (χ0) is 7.35. The molecule has 0 amide bonds. The van der Waals surface area contributed by atoms with E-state index >= 15 is 0 Å². The van der Waals surface area contributed by atoms with E-state index in [9.17, 15) is 5.11 Å². The Hall–Kier alpha value is -0.800. The van der Waals surface area contributed by atoms with Crippen molar-refractivity contribution in [3.63, 3.8) is 0 Å². The van der Waals surface area contributed by atoms with Crippen molar-refractivity contribution in [2.45, 2.75) is 18.1 Å². The van der Waals surface area contributed by atoms with Crippen molar-refractivity contribution in [1.82, 2.24) is 0 Å². The fourth-order valence-electron chi connectivity index (χ4n) is 1.55. The van der Waals surface area contributed by atoms with E-state index in [0.717, 1.165) is 5.57 Å². The molecule has 0 aromatic heterocycles. The van der Waals surface area contributed by atoms with E-state index in [1.165, 1.54) is 0 Å². The fourth-order valence-corrected chi connectivity index (χ4v) is 1.55. The molecule has 2 aliphatic rings. The molecule has 3 nitrogen and oxygen atoms in total. The first kappa shape index (κ1) is 5.95. The lowest BCUT2D eigenvalue weighted by Gasteiger charge is -2.23. The number of fused-ring (bicyclic) bond motifs is 2. The first-order valence-corrected chi connectivity index (χ1v) is 3.29. The second-order valence-electron chi connectivity index (χ2n) is 2.96. The highest BCUT2D eigenvalue weighted by Gasteiger charge is 2.44. The van der Waals surface area contributed by atoms with Gasteiger partial charge in [0.15, 0.2) is 0 Å². The van der Waals surface area contributed by atoms with E-state index in [1.807, 2.05) is 6.08 Å². The number of nitrogens with two attached hydrogens (primary N) is 2. The molecule has 0 radical (unpaired) electrons. The standard InChI is InChI=1S/C7H10N2O/c8-5-4-1-2-7(10,3-4)6(5)9/h1-2,6,10H,3,8-9H2. The summed E-state index contributed by atoms with van der Waals surface area (Å²) in [5.41, 5.74) is 12.0. The van der Waals surface area contributed by atoms with E-state index in [1.54, 1.807) is 6.08 Å².